The second kappa shape index (κ2) is 9.23. The lowest BCUT2D eigenvalue weighted by atomic mass is 10.0. The summed E-state index contributed by atoms with van der Waals surface area (Å²) in [5, 5.41) is 4.04. The summed E-state index contributed by atoms with van der Waals surface area (Å²) in [6, 6.07) is 8.77. The molecule has 9 heteroatoms. The van der Waals surface area contributed by atoms with Crippen LogP contribution >= 0.6 is 0 Å². The zero-order valence-electron chi connectivity index (χ0n) is 16.8. The van der Waals surface area contributed by atoms with E-state index in [4.69, 9.17) is 17.6 Å². The smallest absolute Gasteiger partial charge is 0.324 e. The van der Waals surface area contributed by atoms with Crippen molar-refractivity contribution >= 4 is 17.4 Å². The Kier molecular flexibility index (Phi) is 6.46. The third kappa shape index (κ3) is 5.34. The SMILES string of the molecule is CC(C)c1noc(N2CCC(Oc3ccc(C[C@H]4CO[S@@](=O)OC4)cc3)CC2)n1. The normalized spacial score (nSPS) is 23.5. The number of aromatic nitrogens is 2. The van der Waals surface area contributed by atoms with Gasteiger partial charge in [0.25, 0.3) is 0 Å². The van der Waals surface area contributed by atoms with Gasteiger partial charge in [-0.1, -0.05) is 31.1 Å². The monoisotopic (exact) mass is 421 g/mol. The minimum atomic E-state index is -1.58. The highest BCUT2D eigenvalue weighted by Crippen LogP contribution is 2.24. The molecule has 1 aromatic carbocycles. The Labute approximate surface area is 173 Å². The van der Waals surface area contributed by atoms with E-state index in [9.17, 15) is 4.21 Å². The summed E-state index contributed by atoms with van der Waals surface area (Å²) < 4.78 is 32.7. The van der Waals surface area contributed by atoms with Gasteiger partial charge in [-0.3, -0.25) is 8.37 Å². The zero-order valence-corrected chi connectivity index (χ0v) is 17.6. The number of rotatable bonds is 6. The largest absolute Gasteiger partial charge is 0.490 e. The average Bonchev–Trinajstić information content (AvgIpc) is 3.22. The van der Waals surface area contributed by atoms with Gasteiger partial charge in [0.05, 0.1) is 13.2 Å². The maximum absolute atomic E-state index is 11.1. The van der Waals surface area contributed by atoms with Crippen molar-refractivity contribution in [1.82, 2.24) is 10.1 Å². The molecule has 0 atom stereocenters. The van der Waals surface area contributed by atoms with Crippen LogP contribution in [0.5, 0.6) is 5.75 Å². The Morgan fingerprint density at radius 1 is 1.17 bits per heavy atom. The summed E-state index contributed by atoms with van der Waals surface area (Å²) in [5.74, 6) is 2.12. The van der Waals surface area contributed by atoms with Crippen LogP contribution in [0.25, 0.3) is 0 Å². The fourth-order valence-electron chi connectivity index (χ4n) is 3.49. The van der Waals surface area contributed by atoms with E-state index in [1.807, 2.05) is 12.1 Å². The lowest BCUT2D eigenvalue weighted by Crippen LogP contribution is -2.38. The van der Waals surface area contributed by atoms with Crippen LogP contribution in [0.2, 0.25) is 0 Å². The van der Waals surface area contributed by atoms with Gasteiger partial charge in [-0.15, -0.1) is 0 Å². The highest BCUT2D eigenvalue weighted by molar-refractivity contribution is 7.75. The Hall–Kier alpha value is -1.97. The molecule has 2 aliphatic heterocycles. The van der Waals surface area contributed by atoms with Crippen molar-refractivity contribution in [3.05, 3.63) is 35.7 Å². The van der Waals surface area contributed by atoms with Gasteiger partial charge in [0, 0.05) is 37.8 Å². The van der Waals surface area contributed by atoms with Gasteiger partial charge < -0.3 is 14.2 Å². The standard InChI is InChI=1S/C20H27N3O5S/c1-14(2)19-21-20(28-22-19)23-9-7-18(8-10-23)27-17-5-3-15(4-6-17)11-16-12-25-29(24)26-13-16/h3-6,14,16,18H,7-13H2,1-2H3/t16-,29+. The summed E-state index contributed by atoms with van der Waals surface area (Å²) in [5.41, 5.74) is 1.19. The summed E-state index contributed by atoms with van der Waals surface area (Å²) >= 11 is -1.58. The number of hydrogen-bond acceptors (Lipinski definition) is 8. The highest BCUT2D eigenvalue weighted by Gasteiger charge is 2.25. The van der Waals surface area contributed by atoms with Gasteiger partial charge in [0.2, 0.25) is 0 Å². The van der Waals surface area contributed by atoms with Crippen LogP contribution in [0.4, 0.5) is 6.01 Å². The Bertz CT molecular complexity index is 808. The Balaban J connectivity index is 1.24. The average molecular weight is 422 g/mol. The predicted octanol–water partition coefficient (Wildman–Crippen LogP) is 3.03. The van der Waals surface area contributed by atoms with E-state index in [2.05, 4.69) is 41.0 Å². The van der Waals surface area contributed by atoms with E-state index < -0.39 is 11.4 Å². The van der Waals surface area contributed by atoms with Crippen molar-refractivity contribution in [1.29, 1.82) is 0 Å². The quantitative estimate of drug-likeness (QED) is 0.703. The van der Waals surface area contributed by atoms with Crippen LogP contribution in [-0.2, 0) is 26.1 Å². The number of benzene rings is 1. The van der Waals surface area contributed by atoms with Gasteiger partial charge in [-0.2, -0.15) is 9.19 Å². The molecule has 4 rings (SSSR count). The van der Waals surface area contributed by atoms with Crippen molar-refractivity contribution in [2.75, 3.05) is 31.2 Å². The van der Waals surface area contributed by atoms with Gasteiger partial charge in [-0.25, -0.2) is 0 Å². The van der Waals surface area contributed by atoms with Crippen molar-refractivity contribution in [2.45, 2.75) is 45.1 Å². The molecule has 0 radical (unpaired) electrons. The predicted molar refractivity (Wildman–Crippen MR) is 108 cm³/mol. The van der Waals surface area contributed by atoms with Crippen molar-refractivity contribution in [2.24, 2.45) is 5.92 Å². The first-order valence-electron chi connectivity index (χ1n) is 10.1. The topological polar surface area (TPSA) is 86.9 Å². The number of nitrogens with zero attached hydrogens (tertiary/aromatic N) is 3. The Morgan fingerprint density at radius 3 is 2.48 bits per heavy atom. The van der Waals surface area contributed by atoms with Gasteiger partial charge in [-0.05, 0) is 24.1 Å². The van der Waals surface area contributed by atoms with Crippen LogP contribution in [0.15, 0.2) is 28.8 Å². The lowest BCUT2D eigenvalue weighted by Gasteiger charge is -2.30. The maximum atomic E-state index is 11.1. The molecule has 158 valence electrons. The van der Waals surface area contributed by atoms with E-state index in [-0.39, 0.29) is 17.9 Å². The van der Waals surface area contributed by atoms with Crippen molar-refractivity contribution < 1.29 is 21.8 Å². The minimum Gasteiger partial charge on any atom is -0.490 e. The number of piperidine rings is 1. The summed E-state index contributed by atoms with van der Waals surface area (Å²) in [6.45, 7) is 6.71. The fourth-order valence-corrected chi connectivity index (χ4v) is 4.16. The van der Waals surface area contributed by atoms with Crippen LogP contribution in [-0.4, -0.2) is 46.8 Å². The second-order valence-electron chi connectivity index (χ2n) is 7.88. The van der Waals surface area contributed by atoms with Gasteiger partial charge in [0.1, 0.15) is 11.9 Å². The van der Waals surface area contributed by atoms with Crippen LogP contribution in [0.3, 0.4) is 0 Å². The van der Waals surface area contributed by atoms with E-state index in [0.717, 1.165) is 43.9 Å². The summed E-state index contributed by atoms with van der Waals surface area (Å²) in [6.07, 6.45) is 2.84. The van der Waals surface area contributed by atoms with Crippen LogP contribution in [0, 0.1) is 5.92 Å². The van der Waals surface area contributed by atoms with E-state index in [1.54, 1.807) is 0 Å². The third-order valence-electron chi connectivity index (χ3n) is 5.21. The number of anilines is 1. The first kappa shape index (κ1) is 20.3. The number of hydrogen-bond donors (Lipinski definition) is 0. The maximum Gasteiger partial charge on any atom is 0.324 e. The Morgan fingerprint density at radius 2 is 1.86 bits per heavy atom. The molecule has 0 bridgehead atoms. The molecule has 0 unspecified atom stereocenters. The molecular weight excluding hydrogens is 394 g/mol. The van der Waals surface area contributed by atoms with Crippen molar-refractivity contribution in [3.63, 3.8) is 0 Å². The van der Waals surface area contributed by atoms with E-state index in [0.29, 0.717) is 19.2 Å². The summed E-state index contributed by atoms with van der Waals surface area (Å²) in [7, 11) is 0. The van der Waals surface area contributed by atoms with Crippen molar-refractivity contribution in [3.8, 4) is 5.75 Å². The van der Waals surface area contributed by atoms with Crippen LogP contribution in [0.1, 0.15) is 44.0 Å². The zero-order chi connectivity index (χ0) is 20.2. The molecule has 0 saturated carbocycles. The van der Waals surface area contributed by atoms with Gasteiger partial charge >= 0.3 is 17.4 Å². The molecule has 1 aromatic heterocycles. The molecule has 2 aromatic rings. The molecule has 2 fully saturated rings. The molecule has 0 aliphatic carbocycles. The lowest BCUT2D eigenvalue weighted by molar-refractivity contribution is 0.124. The molecule has 8 nitrogen and oxygen atoms in total. The summed E-state index contributed by atoms with van der Waals surface area (Å²) in [4.78, 5) is 6.60. The molecule has 2 aliphatic rings. The number of ether oxygens (including phenoxy) is 1. The van der Waals surface area contributed by atoms with E-state index in [1.165, 1.54) is 5.56 Å². The molecule has 3 heterocycles. The molecule has 29 heavy (non-hydrogen) atoms. The van der Waals surface area contributed by atoms with Gasteiger partial charge in [0.15, 0.2) is 5.82 Å². The highest BCUT2D eigenvalue weighted by atomic mass is 32.2. The minimum absolute atomic E-state index is 0.180. The third-order valence-corrected chi connectivity index (χ3v) is 5.87. The molecule has 0 N–H and O–H groups in total. The first-order valence-corrected chi connectivity index (χ1v) is 11.1. The molecular formula is C20H27N3O5S. The second-order valence-corrected chi connectivity index (χ2v) is 8.76. The molecule has 2 saturated heterocycles. The van der Waals surface area contributed by atoms with E-state index >= 15 is 0 Å². The molecule has 0 spiro atoms. The van der Waals surface area contributed by atoms with Crippen LogP contribution < -0.4 is 9.64 Å². The fraction of sp³-hybridized carbons (Fsp3) is 0.600. The first-order chi connectivity index (χ1) is 14.1. The molecule has 0 amide bonds.